The molecule has 0 amide bonds. The van der Waals surface area contributed by atoms with Crippen molar-refractivity contribution < 1.29 is 4.48 Å². The first-order valence-electron chi connectivity index (χ1n) is 6.53. The number of aryl methyl sites for hydroxylation is 1. The summed E-state index contributed by atoms with van der Waals surface area (Å²) in [5.41, 5.74) is 4.56. The molecule has 0 spiro atoms. The standard InChI is InChI=1S/C15H19FN2/c1-3-7-11-13(8-4-2)17-14-10-6-5-9-12(14)15(11)18-16/h4,7-8,18H,2-3,5-6,9-10H2,1H3/b11-7+,13-8+. The number of fused-ring (bicyclic) bond motifs is 1. The summed E-state index contributed by atoms with van der Waals surface area (Å²) in [5.74, 6) is 0. The lowest BCUT2D eigenvalue weighted by Crippen LogP contribution is -2.34. The smallest absolute Gasteiger partial charge is 0.0796 e. The summed E-state index contributed by atoms with van der Waals surface area (Å²) in [4.78, 5) is 4.67. The summed E-state index contributed by atoms with van der Waals surface area (Å²) in [6.07, 6.45) is 10.5. The number of aromatic nitrogens is 1. The van der Waals surface area contributed by atoms with E-state index in [0.717, 1.165) is 53.9 Å². The first-order chi connectivity index (χ1) is 8.81. The second kappa shape index (κ2) is 5.80. The van der Waals surface area contributed by atoms with Crippen molar-refractivity contribution in [1.29, 1.82) is 0 Å². The topological polar surface area (TPSA) is 24.9 Å². The van der Waals surface area contributed by atoms with Gasteiger partial charge in [-0.25, -0.2) is 5.54 Å². The lowest BCUT2D eigenvalue weighted by Gasteiger charge is -2.18. The molecule has 0 saturated heterocycles. The summed E-state index contributed by atoms with van der Waals surface area (Å²) in [5, 5.41) is 1.67. The first kappa shape index (κ1) is 12.8. The minimum atomic E-state index is 0.606. The fourth-order valence-corrected chi connectivity index (χ4v) is 2.54. The molecule has 3 heteroatoms. The van der Waals surface area contributed by atoms with Crippen LogP contribution in [-0.4, -0.2) is 4.98 Å². The molecule has 1 aliphatic rings. The van der Waals surface area contributed by atoms with Crippen molar-refractivity contribution in [3.8, 4) is 0 Å². The second-order valence-electron chi connectivity index (χ2n) is 4.53. The van der Waals surface area contributed by atoms with E-state index in [1.807, 2.05) is 24.6 Å². The highest BCUT2D eigenvalue weighted by molar-refractivity contribution is 5.57. The third-order valence-corrected chi connectivity index (χ3v) is 3.32. The van der Waals surface area contributed by atoms with E-state index in [9.17, 15) is 4.48 Å². The van der Waals surface area contributed by atoms with Crippen LogP contribution in [0.4, 0.5) is 10.2 Å². The van der Waals surface area contributed by atoms with Crippen LogP contribution in [0.3, 0.4) is 0 Å². The van der Waals surface area contributed by atoms with Crippen LogP contribution in [0.15, 0.2) is 12.7 Å². The van der Waals surface area contributed by atoms with Crippen molar-refractivity contribution in [3.05, 3.63) is 34.5 Å². The average Bonchev–Trinajstić information content (AvgIpc) is 2.40. The van der Waals surface area contributed by atoms with Gasteiger partial charge in [-0.15, -0.1) is 4.48 Å². The zero-order chi connectivity index (χ0) is 13.0. The number of nitrogens with zero attached hydrogens (tertiary/aromatic N) is 1. The Morgan fingerprint density at radius 1 is 1.39 bits per heavy atom. The highest BCUT2D eigenvalue weighted by Gasteiger charge is 2.16. The third-order valence-electron chi connectivity index (χ3n) is 3.32. The van der Waals surface area contributed by atoms with Crippen LogP contribution in [0.5, 0.6) is 0 Å². The van der Waals surface area contributed by atoms with Crippen LogP contribution in [0.1, 0.15) is 37.4 Å². The van der Waals surface area contributed by atoms with Crippen LogP contribution < -0.4 is 16.1 Å². The fourth-order valence-electron chi connectivity index (χ4n) is 2.54. The molecule has 1 aromatic heterocycles. The van der Waals surface area contributed by atoms with E-state index >= 15 is 0 Å². The molecule has 0 bridgehead atoms. The average molecular weight is 246 g/mol. The number of pyridine rings is 1. The molecule has 0 atom stereocenters. The summed E-state index contributed by atoms with van der Waals surface area (Å²) >= 11 is 0. The highest BCUT2D eigenvalue weighted by atomic mass is 19.2. The minimum absolute atomic E-state index is 0.606. The summed E-state index contributed by atoms with van der Waals surface area (Å²) in [6, 6.07) is 0. The van der Waals surface area contributed by atoms with E-state index in [2.05, 4.69) is 11.6 Å². The Kier molecular flexibility index (Phi) is 4.13. The van der Waals surface area contributed by atoms with Crippen molar-refractivity contribution in [2.75, 3.05) is 5.54 Å². The Balaban J connectivity index is 2.80. The molecule has 0 saturated carbocycles. The van der Waals surface area contributed by atoms with Crippen LogP contribution in [0.2, 0.25) is 0 Å². The molecule has 0 aromatic carbocycles. The van der Waals surface area contributed by atoms with E-state index in [-0.39, 0.29) is 0 Å². The lowest BCUT2D eigenvalue weighted by molar-refractivity contribution is 0.603. The van der Waals surface area contributed by atoms with Gasteiger partial charge in [0.25, 0.3) is 0 Å². The van der Waals surface area contributed by atoms with E-state index in [0.29, 0.717) is 5.69 Å². The molecule has 0 unspecified atom stereocenters. The number of hydrogen-bond acceptors (Lipinski definition) is 2. The maximum atomic E-state index is 13.2. The Morgan fingerprint density at radius 3 is 2.83 bits per heavy atom. The van der Waals surface area contributed by atoms with Gasteiger partial charge in [0.1, 0.15) is 0 Å². The molecule has 1 aliphatic carbocycles. The van der Waals surface area contributed by atoms with E-state index in [4.69, 9.17) is 0 Å². The van der Waals surface area contributed by atoms with Crippen molar-refractivity contribution in [2.24, 2.45) is 0 Å². The molecule has 2 nitrogen and oxygen atoms in total. The van der Waals surface area contributed by atoms with Crippen molar-refractivity contribution >= 4 is 17.8 Å². The van der Waals surface area contributed by atoms with Gasteiger partial charge >= 0.3 is 0 Å². The molecular formula is C15H19FN2. The SMILES string of the molecule is C=C/C=c1/nc2c(c(NF)/c1=C/CC)CCCC2. The fraction of sp³-hybridized carbons (Fsp3) is 0.400. The molecule has 1 N–H and O–H groups in total. The van der Waals surface area contributed by atoms with Crippen LogP contribution in [0.25, 0.3) is 12.2 Å². The number of nitrogens with one attached hydrogen (secondary N) is 1. The van der Waals surface area contributed by atoms with Gasteiger partial charge in [-0.2, -0.15) is 0 Å². The molecule has 18 heavy (non-hydrogen) atoms. The molecular weight excluding hydrogens is 227 g/mol. The summed E-state index contributed by atoms with van der Waals surface area (Å²) in [6.45, 7) is 5.74. The van der Waals surface area contributed by atoms with Crippen LogP contribution in [0, 0.1) is 0 Å². The predicted molar refractivity (Wildman–Crippen MR) is 74.3 cm³/mol. The Hall–Kier alpha value is -1.64. The van der Waals surface area contributed by atoms with Crippen LogP contribution in [-0.2, 0) is 12.8 Å². The second-order valence-corrected chi connectivity index (χ2v) is 4.53. The Morgan fingerprint density at radius 2 is 2.17 bits per heavy atom. The minimum Gasteiger partial charge on any atom is -0.252 e. The largest absolute Gasteiger partial charge is 0.252 e. The number of rotatable bonds is 3. The molecule has 0 fully saturated rings. The maximum absolute atomic E-state index is 13.2. The number of allylic oxidation sites excluding steroid dienone is 1. The number of anilines is 1. The van der Waals surface area contributed by atoms with Gasteiger partial charge in [-0.1, -0.05) is 25.7 Å². The van der Waals surface area contributed by atoms with Gasteiger partial charge in [0.15, 0.2) is 0 Å². The molecule has 2 rings (SSSR count). The lowest BCUT2D eigenvalue weighted by atomic mass is 9.93. The third kappa shape index (κ3) is 2.30. The quantitative estimate of drug-likeness (QED) is 0.828. The maximum Gasteiger partial charge on any atom is 0.0796 e. The van der Waals surface area contributed by atoms with Crippen molar-refractivity contribution in [2.45, 2.75) is 39.0 Å². The zero-order valence-electron chi connectivity index (χ0n) is 10.8. The van der Waals surface area contributed by atoms with Gasteiger partial charge in [0.05, 0.1) is 11.0 Å². The van der Waals surface area contributed by atoms with Gasteiger partial charge in [0.2, 0.25) is 0 Å². The molecule has 0 radical (unpaired) electrons. The Labute approximate surface area is 107 Å². The number of halogens is 1. The zero-order valence-corrected chi connectivity index (χ0v) is 10.8. The first-order valence-corrected chi connectivity index (χ1v) is 6.53. The highest BCUT2D eigenvalue weighted by Crippen LogP contribution is 2.23. The van der Waals surface area contributed by atoms with E-state index < -0.39 is 0 Å². The summed E-state index contributed by atoms with van der Waals surface area (Å²) in [7, 11) is 0. The van der Waals surface area contributed by atoms with Gasteiger partial charge in [-0.3, -0.25) is 4.98 Å². The van der Waals surface area contributed by atoms with E-state index in [1.165, 1.54) is 0 Å². The van der Waals surface area contributed by atoms with Gasteiger partial charge in [-0.05, 0) is 38.2 Å². The molecule has 0 aliphatic heterocycles. The molecule has 96 valence electrons. The Bertz CT molecular complexity index is 561. The monoisotopic (exact) mass is 246 g/mol. The predicted octanol–water partition coefficient (Wildman–Crippen LogP) is 2.41. The van der Waals surface area contributed by atoms with Gasteiger partial charge < -0.3 is 0 Å². The van der Waals surface area contributed by atoms with Gasteiger partial charge in [0, 0.05) is 16.5 Å². The van der Waals surface area contributed by atoms with Crippen molar-refractivity contribution in [3.63, 3.8) is 0 Å². The summed E-state index contributed by atoms with van der Waals surface area (Å²) < 4.78 is 13.2. The number of hydrogen-bond donors (Lipinski definition) is 1. The molecule has 1 heterocycles. The van der Waals surface area contributed by atoms with E-state index in [1.54, 1.807) is 6.08 Å². The molecule has 1 aromatic rings. The normalized spacial score (nSPS) is 16.6. The van der Waals surface area contributed by atoms with Crippen LogP contribution >= 0.6 is 0 Å². The van der Waals surface area contributed by atoms with Crippen molar-refractivity contribution in [1.82, 2.24) is 4.98 Å².